The Kier molecular flexibility index (Phi) is 8.33. The number of para-hydroxylation sites is 2. The van der Waals surface area contributed by atoms with E-state index in [-0.39, 0.29) is 31.2 Å². The molecule has 0 spiro atoms. The molecule has 1 radical (unpaired) electrons. The minimum atomic E-state index is -2.18. The Morgan fingerprint density at radius 3 is 2.11 bits per heavy atom. The Hall–Kier alpha value is -5.87. The van der Waals surface area contributed by atoms with Crippen LogP contribution in [0.4, 0.5) is 0 Å². The molecular weight excluding hydrogens is 827 g/mol. The van der Waals surface area contributed by atoms with Gasteiger partial charge in [-0.2, -0.15) is 0 Å². The smallest absolute Gasteiger partial charge is 0.0774 e. The molecule has 0 aliphatic heterocycles. The number of pyridine rings is 1. The average molecular weight is 870 g/mol. The van der Waals surface area contributed by atoms with E-state index in [2.05, 4.69) is 133 Å². The van der Waals surface area contributed by atoms with Crippen molar-refractivity contribution in [2.45, 2.75) is 27.6 Å². The van der Waals surface area contributed by atoms with Gasteiger partial charge in [-0.3, -0.25) is 4.98 Å². The summed E-state index contributed by atoms with van der Waals surface area (Å²) in [6.45, 7) is -0.0190. The molecule has 9 rings (SSSR count). The fourth-order valence-corrected chi connectivity index (χ4v) is 6.59. The molecule has 0 fully saturated rings. The van der Waals surface area contributed by atoms with E-state index in [0.717, 1.165) is 39.1 Å². The van der Waals surface area contributed by atoms with Gasteiger partial charge in [0.25, 0.3) is 0 Å². The van der Waals surface area contributed by atoms with Gasteiger partial charge in [0.1, 0.15) is 0 Å². The van der Waals surface area contributed by atoms with E-state index in [1.807, 2.05) is 18.2 Å². The zero-order valence-corrected chi connectivity index (χ0v) is 31.4. The van der Waals surface area contributed by atoms with Gasteiger partial charge in [0, 0.05) is 52.1 Å². The Morgan fingerprint density at radius 1 is 0.679 bits per heavy atom. The summed E-state index contributed by atoms with van der Waals surface area (Å²) in [7, 11) is 0. The second-order valence-electron chi connectivity index (χ2n) is 12.7. The van der Waals surface area contributed by atoms with Gasteiger partial charge in [-0.1, -0.05) is 121 Å². The van der Waals surface area contributed by atoms with Gasteiger partial charge >= 0.3 is 0 Å². The minimum Gasteiger partial charge on any atom is -0.557 e. The maximum absolute atomic E-state index is 7.28. The average Bonchev–Trinajstić information content (AvgIpc) is 3.82. The van der Waals surface area contributed by atoms with Crippen LogP contribution in [0.1, 0.15) is 30.5 Å². The van der Waals surface area contributed by atoms with Gasteiger partial charge in [0.15, 0.2) is 0 Å². The summed E-state index contributed by atoms with van der Waals surface area (Å²) in [4.78, 5) is 9.15. The van der Waals surface area contributed by atoms with Crippen molar-refractivity contribution in [2.75, 3.05) is 0 Å². The maximum Gasteiger partial charge on any atom is 0.0774 e. The fourth-order valence-electron chi connectivity index (χ4n) is 6.59. The molecule has 0 atom stereocenters. The summed E-state index contributed by atoms with van der Waals surface area (Å²) in [5.74, 6) is 0.816. The summed E-state index contributed by atoms with van der Waals surface area (Å²) < 4.78 is 51.8. The molecular formula is C48H37IrN3O-2. The van der Waals surface area contributed by atoms with E-state index in [1.165, 1.54) is 57.8 Å². The molecule has 0 amide bonds. The molecule has 3 heterocycles. The SMILES string of the molecule is Cc1cccc(C)c1-c1ccc2o[c-]c(-c3nc4ccccc4n3-c3ccc(-c4ccccc4)cc3)c2c1.[2H]C([2H])([2H])c1c[c-]c(-c2ccc(C([2H])([2H])[2H])cn2)cc1.[Ir]. The number of fused-ring (bicyclic) bond motifs is 2. The molecule has 0 unspecified atom stereocenters. The van der Waals surface area contributed by atoms with E-state index >= 15 is 0 Å². The number of aryl methyl sites for hydroxylation is 4. The van der Waals surface area contributed by atoms with Crippen molar-refractivity contribution in [3.8, 4) is 50.6 Å². The molecule has 0 aliphatic rings. The molecule has 0 aliphatic carbocycles. The number of hydrogen-bond donors (Lipinski definition) is 0. The number of rotatable bonds is 5. The molecule has 6 aromatic carbocycles. The molecule has 0 saturated carbocycles. The standard InChI is InChI=1S/C35H25N2O.C13H12N.Ir/c1-23-9-8-10-24(2)34(23)27-17-20-33-29(21-27)30(22-38-33)35-36-31-13-6-7-14-32(31)37(35)28-18-15-26(16-19-28)25-11-4-3-5-12-25;1-10-3-6-12(7-4-10)13-8-5-11(2)9-14-13;/h3-21H,1-2H3;3-6,8-9H,1-2H3;/q2*-1;/i;1D3,2D3;. The van der Waals surface area contributed by atoms with Crippen LogP contribution >= 0.6 is 0 Å². The number of benzene rings is 6. The van der Waals surface area contributed by atoms with Crippen molar-refractivity contribution in [3.05, 3.63) is 186 Å². The zero-order valence-electron chi connectivity index (χ0n) is 35.0. The molecule has 0 bridgehead atoms. The summed E-state index contributed by atoms with van der Waals surface area (Å²) in [6.07, 6.45) is 4.49. The van der Waals surface area contributed by atoms with Gasteiger partial charge in [-0.15, -0.1) is 35.4 Å². The van der Waals surface area contributed by atoms with Crippen LogP contribution < -0.4 is 0 Å². The third-order valence-corrected chi connectivity index (χ3v) is 9.15. The fraction of sp³-hybridized carbons (Fsp3) is 0.0833. The summed E-state index contributed by atoms with van der Waals surface area (Å²) in [6, 6.07) is 50.6. The number of nitrogens with zero attached hydrogens (tertiary/aromatic N) is 3. The van der Waals surface area contributed by atoms with Crippen molar-refractivity contribution in [1.82, 2.24) is 14.5 Å². The van der Waals surface area contributed by atoms with E-state index in [0.29, 0.717) is 11.3 Å². The van der Waals surface area contributed by atoms with Gasteiger partial charge in [-0.25, -0.2) is 0 Å². The van der Waals surface area contributed by atoms with Crippen LogP contribution in [0.5, 0.6) is 0 Å². The molecule has 3 aromatic heterocycles. The van der Waals surface area contributed by atoms with E-state index < -0.39 is 13.7 Å². The second-order valence-corrected chi connectivity index (χ2v) is 12.7. The van der Waals surface area contributed by atoms with Gasteiger partial charge < -0.3 is 14.0 Å². The van der Waals surface area contributed by atoms with Gasteiger partial charge in [-0.05, 0) is 89.6 Å². The van der Waals surface area contributed by atoms with Crippen molar-refractivity contribution in [1.29, 1.82) is 0 Å². The van der Waals surface area contributed by atoms with Gasteiger partial charge in [0.05, 0.1) is 16.9 Å². The van der Waals surface area contributed by atoms with Crippen molar-refractivity contribution >= 4 is 22.0 Å². The molecule has 0 N–H and O–H groups in total. The summed E-state index contributed by atoms with van der Waals surface area (Å²) >= 11 is 0. The predicted molar refractivity (Wildman–Crippen MR) is 213 cm³/mol. The van der Waals surface area contributed by atoms with Gasteiger partial charge in [0.2, 0.25) is 0 Å². The minimum absolute atomic E-state index is 0. The Bertz CT molecular complexity index is 2790. The third-order valence-electron chi connectivity index (χ3n) is 9.15. The van der Waals surface area contributed by atoms with Crippen LogP contribution in [0.3, 0.4) is 0 Å². The zero-order chi connectivity index (χ0) is 40.6. The molecule has 0 saturated heterocycles. The number of aromatic nitrogens is 3. The summed E-state index contributed by atoms with van der Waals surface area (Å²) in [5, 5.41) is 1.00. The number of imidazole rings is 1. The molecule has 5 heteroatoms. The molecule has 9 aromatic rings. The predicted octanol–water partition coefficient (Wildman–Crippen LogP) is 12.4. The van der Waals surface area contributed by atoms with Crippen LogP contribution in [0.25, 0.3) is 72.6 Å². The Labute approximate surface area is 332 Å². The van der Waals surface area contributed by atoms with Crippen LogP contribution in [-0.2, 0) is 20.1 Å². The Balaban J connectivity index is 0.000000214. The van der Waals surface area contributed by atoms with Crippen LogP contribution in [0, 0.1) is 39.9 Å². The van der Waals surface area contributed by atoms with Crippen LogP contribution in [0.15, 0.2) is 156 Å². The second kappa shape index (κ2) is 15.4. The third kappa shape index (κ3) is 7.27. The quantitative estimate of drug-likeness (QED) is 0.162. The van der Waals surface area contributed by atoms with Crippen molar-refractivity contribution in [2.24, 2.45) is 0 Å². The van der Waals surface area contributed by atoms with Crippen molar-refractivity contribution < 1.29 is 32.7 Å². The monoisotopic (exact) mass is 870 g/mol. The number of furan rings is 1. The van der Waals surface area contributed by atoms with E-state index in [1.54, 1.807) is 12.1 Å². The van der Waals surface area contributed by atoms with E-state index in [4.69, 9.17) is 17.6 Å². The molecule has 53 heavy (non-hydrogen) atoms. The maximum atomic E-state index is 7.28. The largest absolute Gasteiger partial charge is 0.557 e. The summed E-state index contributed by atoms with van der Waals surface area (Å²) in [5.41, 5.74) is 13.5. The number of hydrogen-bond acceptors (Lipinski definition) is 3. The first-order valence-corrected chi connectivity index (χ1v) is 17.0. The van der Waals surface area contributed by atoms with Crippen LogP contribution in [0.2, 0.25) is 0 Å². The molecule has 261 valence electrons. The van der Waals surface area contributed by atoms with E-state index in [9.17, 15) is 0 Å². The normalized spacial score (nSPS) is 13.0. The van der Waals surface area contributed by atoms with Crippen LogP contribution in [-0.4, -0.2) is 14.5 Å². The van der Waals surface area contributed by atoms with Crippen molar-refractivity contribution in [3.63, 3.8) is 0 Å². The first-order valence-electron chi connectivity index (χ1n) is 20.0. The molecule has 4 nitrogen and oxygen atoms in total. The Morgan fingerprint density at radius 2 is 1.40 bits per heavy atom. The first-order chi connectivity index (χ1) is 27.8. The first kappa shape index (κ1) is 28.7. The topological polar surface area (TPSA) is 43.9 Å².